The van der Waals surface area contributed by atoms with Crippen molar-refractivity contribution in [3.8, 4) is 0 Å². The Kier molecular flexibility index (Phi) is 7.01. The summed E-state index contributed by atoms with van der Waals surface area (Å²) in [7, 11) is 0. The van der Waals surface area contributed by atoms with Crippen molar-refractivity contribution in [2.24, 2.45) is 17.8 Å². The third kappa shape index (κ3) is 6.05. The van der Waals surface area contributed by atoms with Gasteiger partial charge in [-0.2, -0.15) is 0 Å². The molecule has 1 nitrogen and oxygen atoms in total. The van der Waals surface area contributed by atoms with Crippen LogP contribution in [0.5, 0.6) is 0 Å². The van der Waals surface area contributed by atoms with E-state index >= 15 is 0 Å². The van der Waals surface area contributed by atoms with Crippen LogP contribution in [0, 0.1) is 23.6 Å². The van der Waals surface area contributed by atoms with Gasteiger partial charge in [-0.1, -0.05) is 33.8 Å². The molecule has 0 saturated carbocycles. The van der Waals surface area contributed by atoms with Crippen molar-refractivity contribution in [1.29, 1.82) is 0 Å². The van der Waals surface area contributed by atoms with Gasteiger partial charge in [0.1, 0.15) is 5.82 Å². The van der Waals surface area contributed by atoms with Gasteiger partial charge in [0.15, 0.2) is 0 Å². The molecule has 1 rings (SSSR count). The SMILES string of the molecule is CC(C)CNCC(C)C(C)Cc1ccc(F)c(Br)c1. The summed E-state index contributed by atoms with van der Waals surface area (Å²) in [5, 5.41) is 3.50. The van der Waals surface area contributed by atoms with Gasteiger partial charge in [-0.05, 0) is 70.9 Å². The van der Waals surface area contributed by atoms with E-state index in [2.05, 4.69) is 48.9 Å². The number of hydrogen-bond donors (Lipinski definition) is 1. The molecule has 0 heterocycles. The maximum Gasteiger partial charge on any atom is 0.137 e. The van der Waals surface area contributed by atoms with Gasteiger partial charge in [0.25, 0.3) is 0 Å². The fourth-order valence-corrected chi connectivity index (χ4v) is 2.47. The number of rotatable bonds is 7. The van der Waals surface area contributed by atoms with E-state index < -0.39 is 0 Å². The van der Waals surface area contributed by atoms with E-state index in [1.807, 2.05) is 12.1 Å². The highest BCUT2D eigenvalue weighted by Gasteiger charge is 2.13. The van der Waals surface area contributed by atoms with Gasteiger partial charge >= 0.3 is 0 Å². The second-order valence-electron chi connectivity index (χ2n) is 5.96. The molecular weight excluding hydrogens is 305 g/mol. The van der Waals surface area contributed by atoms with E-state index in [-0.39, 0.29) is 5.82 Å². The van der Waals surface area contributed by atoms with E-state index in [0.717, 1.165) is 19.5 Å². The van der Waals surface area contributed by atoms with E-state index in [1.54, 1.807) is 0 Å². The van der Waals surface area contributed by atoms with Crippen LogP contribution < -0.4 is 5.32 Å². The van der Waals surface area contributed by atoms with Gasteiger partial charge in [-0.25, -0.2) is 4.39 Å². The van der Waals surface area contributed by atoms with Crippen LogP contribution in [0.1, 0.15) is 33.3 Å². The summed E-state index contributed by atoms with van der Waals surface area (Å²) in [5.74, 6) is 1.69. The quantitative estimate of drug-likeness (QED) is 0.767. The first-order valence-electron chi connectivity index (χ1n) is 7.04. The Labute approximate surface area is 125 Å². The zero-order chi connectivity index (χ0) is 14.4. The molecule has 108 valence electrons. The number of hydrogen-bond acceptors (Lipinski definition) is 1. The third-order valence-electron chi connectivity index (χ3n) is 3.53. The van der Waals surface area contributed by atoms with Crippen LogP contribution in [0.25, 0.3) is 0 Å². The molecule has 0 aliphatic heterocycles. The molecule has 0 fully saturated rings. The van der Waals surface area contributed by atoms with Gasteiger partial charge in [0.2, 0.25) is 0 Å². The van der Waals surface area contributed by atoms with Gasteiger partial charge < -0.3 is 5.32 Å². The Morgan fingerprint density at radius 2 is 1.79 bits per heavy atom. The first-order valence-corrected chi connectivity index (χ1v) is 7.84. The van der Waals surface area contributed by atoms with Crippen molar-refractivity contribution in [3.63, 3.8) is 0 Å². The van der Waals surface area contributed by atoms with Crippen LogP contribution in [0.2, 0.25) is 0 Å². The van der Waals surface area contributed by atoms with Gasteiger partial charge in [0, 0.05) is 0 Å². The molecule has 0 aliphatic carbocycles. The molecule has 3 heteroatoms. The molecule has 0 aliphatic rings. The lowest BCUT2D eigenvalue weighted by atomic mass is 9.89. The summed E-state index contributed by atoms with van der Waals surface area (Å²) in [5.41, 5.74) is 1.19. The summed E-state index contributed by atoms with van der Waals surface area (Å²) in [6.07, 6.45) is 0.989. The summed E-state index contributed by atoms with van der Waals surface area (Å²) in [6, 6.07) is 5.30. The van der Waals surface area contributed by atoms with Gasteiger partial charge in [-0.15, -0.1) is 0 Å². The highest BCUT2D eigenvalue weighted by molar-refractivity contribution is 9.10. The van der Waals surface area contributed by atoms with Crippen molar-refractivity contribution in [3.05, 3.63) is 34.1 Å². The maximum absolute atomic E-state index is 13.2. The molecule has 0 bridgehead atoms. The van der Waals surface area contributed by atoms with Gasteiger partial charge in [-0.3, -0.25) is 0 Å². The number of nitrogens with one attached hydrogen (secondary N) is 1. The van der Waals surface area contributed by atoms with Crippen LogP contribution in [0.3, 0.4) is 0 Å². The minimum absolute atomic E-state index is 0.192. The molecule has 0 aromatic heterocycles. The first-order chi connectivity index (χ1) is 8.90. The summed E-state index contributed by atoms with van der Waals surface area (Å²) < 4.78 is 13.7. The molecule has 0 radical (unpaired) electrons. The normalized spacial score (nSPS) is 14.7. The maximum atomic E-state index is 13.2. The predicted octanol–water partition coefficient (Wildman–Crippen LogP) is 4.65. The minimum atomic E-state index is -0.192. The van der Waals surface area contributed by atoms with E-state index in [4.69, 9.17) is 0 Å². The summed E-state index contributed by atoms with van der Waals surface area (Å²) in [4.78, 5) is 0. The van der Waals surface area contributed by atoms with E-state index in [9.17, 15) is 4.39 Å². The van der Waals surface area contributed by atoms with Crippen LogP contribution in [-0.2, 0) is 6.42 Å². The Bertz CT molecular complexity index is 392. The lowest BCUT2D eigenvalue weighted by Gasteiger charge is -2.21. The van der Waals surface area contributed by atoms with E-state index in [1.165, 1.54) is 11.6 Å². The highest BCUT2D eigenvalue weighted by atomic mass is 79.9. The minimum Gasteiger partial charge on any atom is -0.316 e. The zero-order valence-corrected chi connectivity index (χ0v) is 13.9. The second-order valence-corrected chi connectivity index (χ2v) is 6.81. The molecular formula is C16H25BrFN. The largest absolute Gasteiger partial charge is 0.316 e. The van der Waals surface area contributed by atoms with Crippen LogP contribution in [-0.4, -0.2) is 13.1 Å². The second kappa shape index (κ2) is 8.01. The fourth-order valence-electron chi connectivity index (χ4n) is 2.04. The summed E-state index contributed by atoms with van der Waals surface area (Å²) >= 11 is 3.24. The lowest BCUT2D eigenvalue weighted by Crippen LogP contribution is -2.28. The average Bonchev–Trinajstić information content (AvgIpc) is 2.33. The lowest BCUT2D eigenvalue weighted by molar-refractivity contribution is 0.357. The monoisotopic (exact) mass is 329 g/mol. The van der Waals surface area contributed by atoms with Crippen LogP contribution in [0.15, 0.2) is 22.7 Å². The molecule has 1 N–H and O–H groups in total. The predicted molar refractivity (Wildman–Crippen MR) is 83.8 cm³/mol. The van der Waals surface area contributed by atoms with Crippen LogP contribution >= 0.6 is 15.9 Å². The van der Waals surface area contributed by atoms with Gasteiger partial charge in [0.05, 0.1) is 4.47 Å². The molecule has 2 unspecified atom stereocenters. The Hall–Kier alpha value is -0.410. The number of benzene rings is 1. The first kappa shape index (κ1) is 16.6. The standard InChI is InChI=1S/C16H25BrFN/c1-11(2)9-19-10-13(4)12(3)7-14-5-6-16(18)15(17)8-14/h5-6,8,11-13,19H,7,9-10H2,1-4H3. The molecule has 2 atom stereocenters. The van der Waals surface area contributed by atoms with Crippen molar-refractivity contribution in [2.75, 3.05) is 13.1 Å². The van der Waals surface area contributed by atoms with Crippen molar-refractivity contribution < 1.29 is 4.39 Å². The smallest absolute Gasteiger partial charge is 0.137 e. The number of halogens is 2. The van der Waals surface area contributed by atoms with E-state index in [0.29, 0.717) is 22.2 Å². The molecule has 0 spiro atoms. The van der Waals surface area contributed by atoms with Crippen molar-refractivity contribution in [2.45, 2.75) is 34.1 Å². The molecule has 1 aromatic carbocycles. The zero-order valence-electron chi connectivity index (χ0n) is 12.3. The Morgan fingerprint density at radius 3 is 2.37 bits per heavy atom. The molecule has 19 heavy (non-hydrogen) atoms. The Morgan fingerprint density at radius 1 is 1.11 bits per heavy atom. The fraction of sp³-hybridized carbons (Fsp3) is 0.625. The molecule has 0 saturated heterocycles. The molecule has 0 amide bonds. The Balaban J connectivity index is 2.44. The summed E-state index contributed by atoms with van der Waals surface area (Å²) in [6.45, 7) is 11.1. The highest BCUT2D eigenvalue weighted by Crippen LogP contribution is 2.21. The van der Waals surface area contributed by atoms with Crippen molar-refractivity contribution in [1.82, 2.24) is 5.32 Å². The van der Waals surface area contributed by atoms with Crippen LogP contribution in [0.4, 0.5) is 4.39 Å². The topological polar surface area (TPSA) is 12.0 Å². The third-order valence-corrected chi connectivity index (χ3v) is 4.14. The van der Waals surface area contributed by atoms with Crippen molar-refractivity contribution >= 4 is 15.9 Å². The average molecular weight is 330 g/mol. The molecule has 1 aromatic rings.